The molecule has 0 radical (unpaired) electrons. The number of benzene rings is 2. The van der Waals surface area contributed by atoms with Crippen LogP contribution in [-0.2, 0) is 0 Å². The van der Waals surface area contributed by atoms with Crippen molar-refractivity contribution in [1.82, 2.24) is 15.0 Å². The van der Waals surface area contributed by atoms with Crippen LogP contribution >= 0.6 is 0 Å². The number of nitrogens with zero attached hydrogens (tertiary/aromatic N) is 4. The van der Waals surface area contributed by atoms with Crippen LogP contribution in [0.2, 0.25) is 0 Å². The zero-order chi connectivity index (χ0) is 21.3. The Morgan fingerprint density at radius 3 is 2.53 bits per heavy atom. The normalized spacial score (nSPS) is 14.7. The first-order valence-corrected chi connectivity index (χ1v) is 9.56. The van der Waals surface area contributed by atoms with Crippen LogP contribution in [-0.4, -0.2) is 39.0 Å². The summed E-state index contributed by atoms with van der Waals surface area (Å²) in [5.41, 5.74) is 1.57. The average Bonchev–Trinajstić information content (AvgIpc) is 3.24. The van der Waals surface area contributed by atoms with Gasteiger partial charge in [0.15, 0.2) is 0 Å². The fourth-order valence-electron chi connectivity index (χ4n) is 3.62. The molecule has 9 heteroatoms. The van der Waals surface area contributed by atoms with Crippen LogP contribution in [0.25, 0.3) is 11.4 Å². The number of hydrogen-bond acceptors (Lipinski definition) is 6. The molecule has 8 nitrogen and oxygen atoms in total. The number of carbonyl (C=O) groups excluding carboxylic acids is 1. The minimum absolute atomic E-state index is 0.00129. The Morgan fingerprint density at radius 2 is 1.90 bits per heavy atom. The highest BCUT2D eigenvalue weighted by atomic mass is 19.1. The lowest BCUT2D eigenvalue weighted by Gasteiger charge is -2.30. The van der Waals surface area contributed by atoms with E-state index in [1.807, 2.05) is 0 Å². The van der Waals surface area contributed by atoms with Crippen molar-refractivity contribution >= 4 is 11.6 Å². The van der Waals surface area contributed by atoms with Crippen LogP contribution in [0.5, 0.6) is 0 Å². The summed E-state index contributed by atoms with van der Waals surface area (Å²) in [5.74, 6) is 0.471. The van der Waals surface area contributed by atoms with Crippen molar-refractivity contribution in [3.63, 3.8) is 0 Å². The second kappa shape index (κ2) is 8.02. The van der Waals surface area contributed by atoms with Crippen LogP contribution in [0.15, 0.2) is 47.0 Å². The van der Waals surface area contributed by atoms with Gasteiger partial charge in [-0.3, -0.25) is 14.9 Å². The van der Waals surface area contributed by atoms with E-state index in [1.54, 1.807) is 30.0 Å². The number of halogens is 1. The average molecular weight is 410 g/mol. The van der Waals surface area contributed by atoms with E-state index >= 15 is 0 Å². The largest absolute Gasteiger partial charge is 0.339 e. The van der Waals surface area contributed by atoms with Crippen molar-refractivity contribution in [2.24, 2.45) is 0 Å². The van der Waals surface area contributed by atoms with Crippen LogP contribution < -0.4 is 0 Å². The lowest BCUT2D eigenvalue weighted by atomic mass is 9.96. The molecule has 2 heterocycles. The number of nitro groups is 1. The van der Waals surface area contributed by atoms with Crippen molar-refractivity contribution in [3.8, 4) is 11.4 Å². The zero-order valence-corrected chi connectivity index (χ0v) is 16.2. The zero-order valence-electron chi connectivity index (χ0n) is 16.2. The van der Waals surface area contributed by atoms with E-state index in [0.717, 1.165) is 0 Å². The van der Waals surface area contributed by atoms with Crippen molar-refractivity contribution in [1.29, 1.82) is 0 Å². The van der Waals surface area contributed by atoms with E-state index in [9.17, 15) is 19.3 Å². The highest BCUT2D eigenvalue weighted by Gasteiger charge is 2.28. The minimum atomic E-state index is -0.459. The number of aromatic nitrogens is 2. The molecule has 1 fully saturated rings. The number of aryl methyl sites for hydroxylation is 1. The molecule has 0 bridgehead atoms. The third-order valence-corrected chi connectivity index (χ3v) is 5.32. The van der Waals surface area contributed by atoms with Crippen molar-refractivity contribution in [2.75, 3.05) is 13.1 Å². The Bertz CT molecular complexity index is 1090. The van der Waals surface area contributed by atoms with Gasteiger partial charge in [-0.25, -0.2) is 4.39 Å². The summed E-state index contributed by atoms with van der Waals surface area (Å²) in [4.78, 5) is 29.4. The lowest BCUT2D eigenvalue weighted by molar-refractivity contribution is -0.385. The number of likely N-dealkylation sites (tertiary alicyclic amines) is 1. The molecule has 0 atom stereocenters. The van der Waals surface area contributed by atoms with Gasteiger partial charge in [0.1, 0.15) is 5.82 Å². The van der Waals surface area contributed by atoms with Gasteiger partial charge in [0.2, 0.25) is 11.7 Å². The van der Waals surface area contributed by atoms with E-state index < -0.39 is 4.92 Å². The van der Waals surface area contributed by atoms with Gasteiger partial charge in [0.05, 0.1) is 4.92 Å². The maximum absolute atomic E-state index is 13.1. The monoisotopic (exact) mass is 410 g/mol. The Balaban J connectivity index is 1.40. The summed E-state index contributed by atoms with van der Waals surface area (Å²) in [6.45, 7) is 2.66. The Hall–Kier alpha value is -3.62. The molecular weight excluding hydrogens is 391 g/mol. The molecule has 0 unspecified atom stereocenters. The van der Waals surface area contributed by atoms with E-state index in [1.165, 1.54) is 24.3 Å². The van der Waals surface area contributed by atoms with Crippen LogP contribution in [0, 0.1) is 22.9 Å². The van der Waals surface area contributed by atoms with Gasteiger partial charge in [-0.2, -0.15) is 4.98 Å². The number of nitro benzene ring substituents is 1. The molecule has 1 aromatic heterocycles. The topological polar surface area (TPSA) is 102 Å². The molecule has 1 aliphatic rings. The van der Waals surface area contributed by atoms with Gasteiger partial charge in [0.25, 0.3) is 11.6 Å². The maximum Gasteiger partial charge on any atom is 0.272 e. The predicted octanol–water partition coefficient (Wildman–Crippen LogP) is 4.11. The second-order valence-electron chi connectivity index (χ2n) is 7.29. The molecule has 30 heavy (non-hydrogen) atoms. The van der Waals surface area contributed by atoms with Gasteiger partial charge in [0, 0.05) is 41.8 Å². The molecular formula is C21H19FN4O4. The highest BCUT2D eigenvalue weighted by Crippen LogP contribution is 2.29. The first-order chi connectivity index (χ1) is 14.4. The fraction of sp³-hybridized carbons (Fsp3) is 0.286. The van der Waals surface area contributed by atoms with E-state index in [-0.39, 0.29) is 23.3 Å². The molecule has 2 aromatic carbocycles. The standard InChI is InChI=1S/C21H19FN4O4/c1-13-12-16(4-7-18(13)26(28)29)21(27)25-10-8-15(9-11-25)20-23-19(24-30-20)14-2-5-17(22)6-3-14/h2-7,12,15H,8-11H2,1H3. The van der Waals surface area contributed by atoms with E-state index in [4.69, 9.17) is 4.52 Å². The molecule has 3 aromatic rings. The summed E-state index contributed by atoms with van der Waals surface area (Å²) in [5, 5.41) is 14.9. The number of rotatable bonds is 4. The third-order valence-electron chi connectivity index (χ3n) is 5.32. The summed E-state index contributed by atoms with van der Waals surface area (Å²) < 4.78 is 18.5. The van der Waals surface area contributed by atoms with E-state index in [2.05, 4.69) is 10.1 Å². The van der Waals surface area contributed by atoms with E-state index in [0.29, 0.717) is 54.3 Å². The van der Waals surface area contributed by atoms with Crippen LogP contribution in [0.1, 0.15) is 40.6 Å². The predicted molar refractivity (Wildman–Crippen MR) is 105 cm³/mol. The molecule has 4 rings (SSSR count). The summed E-state index contributed by atoms with van der Waals surface area (Å²) in [6, 6.07) is 10.3. The Kier molecular flexibility index (Phi) is 5.26. The SMILES string of the molecule is Cc1cc(C(=O)N2CCC(c3nc(-c4ccc(F)cc4)no3)CC2)ccc1[N+](=O)[O-]. The molecule has 0 N–H and O–H groups in total. The number of carbonyl (C=O) groups is 1. The highest BCUT2D eigenvalue weighted by molar-refractivity contribution is 5.94. The maximum atomic E-state index is 13.1. The Labute approximate surface area is 171 Å². The molecule has 1 saturated heterocycles. The summed E-state index contributed by atoms with van der Waals surface area (Å²) in [7, 11) is 0. The first-order valence-electron chi connectivity index (χ1n) is 9.56. The minimum Gasteiger partial charge on any atom is -0.339 e. The first kappa shape index (κ1) is 19.7. The second-order valence-corrected chi connectivity index (χ2v) is 7.29. The van der Waals surface area contributed by atoms with Gasteiger partial charge < -0.3 is 9.42 Å². The quantitative estimate of drug-likeness (QED) is 0.474. The smallest absolute Gasteiger partial charge is 0.272 e. The molecule has 1 aliphatic heterocycles. The van der Waals surface area contributed by atoms with Gasteiger partial charge in [-0.1, -0.05) is 5.16 Å². The molecule has 0 spiro atoms. The molecule has 154 valence electrons. The van der Waals surface area contributed by atoms with Crippen LogP contribution in [0.4, 0.5) is 10.1 Å². The number of amides is 1. The molecule has 1 amide bonds. The third kappa shape index (κ3) is 3.91. The lowest BCUT2D eigenvalue weighted by Crippen LogP contribution is -2.38. The summed E-state index contributed by atoms with van der Waals surface area (Å²) in [6.07, 6.45) is 1.34. The summed E-state index contributed by atoms with van der Waals surface area (Å²) >= 11 is 0. The van der Waals surface area contributed by atoms with Gasteiger partial charge in [-0.15, -0.1) is 0 Å². The van der Waals surface area contributed by atoms with Gasteiger partial charge >= 0.3 is 0 Å². The van der Waals surface area contributed by atoms with Crippen molar-refractivity contribution < 1.29 is 18.6 Å². The van der Waals surface area contributed by atoms with Gasteiger partial charge in [-0.05, 0) is 56.2 Å². The molecule has 0 saturated carbocycles. The van der Waals surface area contributed by atoms with Crippen molar-refractivity contribution in [3.05, 3.63) is 75.4 Å². The van der Waals surface area contributed by atoms with Crippen LogP contribution in [0.3, 0.4) is 0 Å². The Morgan fingerprint density at radius 1 is 1.20 bits per heavy atom. The number of piperidine rings is 1. The molecule has 0 aliphatic carbocycles. The van der Waals surface area contributed by atoms with Crippen molar-refractivity contribution in [2.45, 2.75) is 25.7 Å². The fourth-order valence-corrected chi connectivity index (χ4v) is 3.62. The number of hydrogen-bond donors (Lipinski definition) is 0.